The zero-order chi connectivity index (χ0) is 15.5. The number of benzene rings is 1. The Morgan fingerprint density at radius 1 is 1.33 bits per heavy atom. The zero-order valence-electron chi connectivity index (χ0n) is 11.8. The van der Waals surface area contributed by atoms with Crippen molar-refractivity contribution in [1.82, 2.24) is 20.7 Å². The molecular weight excluding hydrogens is 281 g/mol. The van der Waals surface area contributed by atoms with Crippen molar-refractivity contribution < 1.29 is 13.2 Å². The molecule has 0 aliphatic heterocycles. The molecule has 1 atom stereocenters. The van der Waals surface area contributed by atoms with Crippen molar-refractivity contribution in [3.63, 3.8) is 0 Å². The van der Waals surface area contributed by atoms with Crippen molar-refractivity contribution in [2.45, 2.75) is 32.5 Å². The second-order valence-corrected chi connectivity index (χ2v) is 4.85. The third-order valence-corrected chi connectivity index (χ3v) is 3.24. The smallest absolute Gasteiger partial charge is 0.305 e. The fourth-order valence-corrected chi connectivity index (χ4v) is 2.19. The minimum absolute atomic E-state index is 0.272. The van der Waals surface area contributed by atoms with Gasteiger partial charge in [-0.3, -0.25) is 0 Å². The molecule has 0 spiro atoms. The first-order valence-corrected chi connectivity index (χ1v) is 6.70. The van der Waals surface area contributed by atoms with Crippen molar-refractivity contribution in [3.05, 3.63) is 46.8 Å². The van der Waals surface area contributed by atoms with Gasteiger partial charge in [-0.2, -0.15) is 28.6 Å². The highest BCUT2D eigenvalue weighted by Gasteiger charge is 2.31. The van der Waals surface area contributed by atoms with E-state index in [-0.39, 0.29) is 6.04 Å². The maximum absolute atomic E-state index is 12.7. The molecule has 0 radical (unpaired) electrons. The van der Waals surface area contributed by atoms with E-state index in [0.717, 1.165) is 30.7 Å². The molecular formula is C14H17F3N4. The van der Waals surface area contributed by atoms with Gasteiger partial charge in [0.05, 0.1) is 17.8 Å². The molecule has 7 heteroatoms. The van der Waals surface area contributed by atoms with Gasteiger partial charge in [0.2, 0.25) is 0 Å². The van der Waals surface area contributed by atoms with Crippen LogP contribution in [0.4, 0.5) is 13.2 Å². The van der Waals surface area contributed by atoms with Gasteiger partial charge in [0.1, 0.15) is 5.69 Å². The number of H-pyrrole nitrogens is 1. The number of aryl methyl sites for hydroxylation is 1. The number of halogens is 3. The molecule has 21 heavy (non-hydrogen) atoms. The van der Waals surface area contributed by atoms with E-state index in [1.165, 1.54) is 6.07 Å². The highest BCUT2D eigenvalue weighted by Crippen LogP contribution is 2.32. The van der Waals surface area contributed by atoms with Crippen LogP contribution in [0, 0.1) is 6.92 Å². The number of rotatable bonds is 5. The first-order valence-electron chi connectivity index (χ1n) is 6.70. The third-order valence-electron chi connectivity index (χ3n) is 3.24. The first-order chi connectivity index (χ1) is 9.93. The highest BCUT2D eigenvalue weighted by atomic mass is 19.4. The van der Waals surface area contributed by atoms with Gasteiger partial charge < -0.3 is 5.32 Å². The quantitative estimate of drug-likeness (QED) is 0.891. The average molecular weight is 298 g/mol. The van der Waals surface area contributed by atoms with Crippen LogP contribution in [0.25, 0.3) is 0 Å². The number of hydrogen-bond donors (Lipinski definition) is 2. The SMILES string of the molecule is CCCNC(c1cn[nH]n1)c1ccc(C(F)(F)F)cc1C. The minimum Gasteiger partial charge on any atom is -0.305 e. The maximum Gasteiger partial charge on any atom is 0.416 e. The largest absolute Gasteiger partial charge is 0.416 e. The summed E-state index contributed by atoms with van der Waals surface area (Å²) >= 11 is 0. The van der Waals surface area contributed by atoms with Gasteiger partial charge in [-0.1, -0.05) is 13.0 Å². The van der Waals surface area contributed by atoms with Gasteiger partial charge in [-0.05, 0) is 43.1 Å². The number of nitrogens with one attached hydrogen (secondary N) is 2. The van der Waals surface area contributed by atoms with E-state index in [1.54, 1.807) is 13.1 Å². The lowest BCUT2D eigenvalue weighted by Gasteiger charge is -2.20. The van der Waals surface area contributed by atoms with Crippen LogP contribution in [-0.4, -0.2) is 22.0 Å². The second-order valence-electron chi connectivity index (χ2n) is 4.85. The van der Waals surface area contributed by atoms with E-state index in [2.05, 4.69) is 20.7 Å². The Hall–Kier alpha value is -1.89. The van der Waals surface area contributed by atoms with Crippen LogP contribution in [-0.2, 0) is 6.18 Å². The van der Waals surface area contributed by atoms with E-state index >= 15 is 0 Å². The van der Waals surface area contributed by atoms with Crippen molar-refractivity contribution in [1.29, 1.82) is 0 Å². The van der Waals surface area contributed by atoms with Gasteiger partial charge in [-0.25, -0.2) is 0 Å². The zero-order valence-corrected chi connectivity index (χ0v) is 11.8. The Kier molecular flexibility index (Phi) is 4.62. The fraction of sp³-hybridized carbons (Fsp3) is 0.429. The maximum atomic E-state index is 12.7. The van der Waals surface area contributed by atoms with Crippen LogP contribution in [0.2, 0.25) is 0 Å². The molecule has 0 amide bonds. The Bertz CT molecular complexity index is 578. The number of alkyl halides is 3. The van der Waals surface area contributed by atoms with E-state index in [1.807, 2.05) is 6.92 Å². The molecule has 2 aromatic rings. The average Bonchev–Trinajstić information content (AvgIpc) is 2.93. The molecule has 1 aromatic carbocycles. The Morgan fingerprint density at radius 2 is 2.10 bits per heavy atom. The molecule has 1 aromatic heterocycles. The number of nitrogens with zero attached hydrogens (tertiary/aromatic N) is 2. The Morgan fingerprint density at radius 3 is 2.62 bits per heavy atom. The number of hydrogen-bond acceptors (Lipinski definition) is 3. The summed E-state index contributed by atoms with van der Waals surface area (Å²) in [5, 5.41) is 13.6. The van der Waals surface area contributed by atoms with Crippen LogP contribution in [0.5, 0.6) is 0 Å². The third kappa shape index (κ3) is 3.60. The first kappa shape index (κ1) is 15.5. The van der Waals surface area contributed by atoms with Crippen molar-refractivity contribution >= 4 is 0 Å². The molecule has 1 unspecified atom stereocenters. The van der Waals surface area contributed by atoms with Crippen molar-refractivity contribution in [2.24, 2.45) is 0 Å². The Labute approximate surface area is 120 Å². The minimum atomic E-state index is -4.33. The standard InChI is InChI=1S/C14H17F3N4/c1-3-6-18-13(12-8-19-21-20-12)11-5-4-10(7-9(11)2)14(15,16)17/h4-5,7-8,13,18H,3,6H2,1-2H3,(H,19,20,21). The number of aromatic amines is 1. The molecule has 0 aliphatic carbocycles. The van der Waals surface area contributed by atoms with Gasteiger partial charge in [0, 0.05) is 0 Å². The summed E-state index contributed by atoms with van der Waals surface area (Å²) in [6.07, 6.45) is -1.85. The molecule has 2 N–H and O–H groups in total. The summed E-state index contributed by atoms with van der Waals surface area (Å²) in [6.45, 7) is 4.43. The lowest BCUT2D eigenvalue weighted by atomic mass is 9.96. The molecule has 0 bridgehead atoms. The van der Waals surface area contributed by atoms with Crippen LogP contribution >= 0.6 is 0 Å². The highest BCUT2D eigenvalue weighted by molar-refractivity contribution is 5.37. The van der Waals surface area contributed by atoms with Crippen LogP contribution < -0.4 is 5.32 Å². The summed E-state index contributed by atoms with van der Waals surface area (Å²) in [7, 11) is 0. The molecule has 0 saturated heterocycles. The molecule has 4 nitrogen and oxygen atoms in total. The molecule has 0 aliphatic rings. The van der Waals surface area contributed by atoms with Gasteiger partial charge in [-0.15, -0.1) is 0 Å². The van der Waals surface area contributed by atoms with Gasteiger partial charge in [0.15, 0.2) is 0 Å². The Balaban J connectivity index is 2.36. The van der Waals surface area contributed by atoms with E-state index < -0.39 is 11.7 Å². The van der Waals surface area contributed by atoms with Crippen molar-refractivity contribution in [3.8, 4) is 0 Å². The fourth-order valence-electron chi connectivity index (χ4n) is 2.19. The second kappa shape index (κ2) is 6.26. The number of aromatic nitrogens is 3. The predicted molar refractivity (Wildman–Crippen MR) is 72.7 cm³/mol. The summed E-state index contributed by atoms with van der Waals surface area (Å²) in [4.78, 5) is 0. The van der Waals surface area contributed by atoms with Crippen LogP contribution in [0.3, 0.4) is 0 Å². The molecule has 2 rings (SSSR count). The van der Waals surface area contributed by atoms with Crippen LogP contribution in [0.15, 0.2) is 24.4 Å². The van der Waals surface area contributed by atoms with E-state index in [4.69, 9.17) is 0 Å². The summed E-state index contributed by atoms with van der Waals surface area (Å²) < 4.78 is 38.2. The normalized spacial score (nSPS) is 13.4. The molecule has 1 heterocycles. The van der Waals surface area contributed by atoms with E-state index in [9.17, 15) is 13.2 Å². The summed E-state index contributed by atoms with van der Waals surface area (Å²) in [5.74, 6) is 0. The molecule has 0 saturated carbocycles. The van der Waals surface area contributed by atoms with Crippen molar-refractivity contribution in [2.75, 3.05) is 6.54 Å². The summed E-state index contributed by atoms with van der Waals surface area (Å²) in [6, 6.07) is 3.49. The lowest BCUT2D eigenvalue weighted by Crippen LogP contribution is -2.24. The van der Waals surface area contributed by atoms with Crippen LogP contribution in [0.1, 0.15) is 41.8 Å². The van der Waals surface area contributed by atoms with Gasteiger partial charge in [0.25, 0.3) is 0 Å². The lowest BCUT2D eigenvalue weighted by molar-refractivity contribution is -0.137. The molecule has 114 valence electrons. The van der Waals surface area contributed by atoms with E-state index in [0.29, 0.717) is 11.3 Å². The van der Waals surface area contributed by atoms with Gasteiger partial charge >= 0.3 is 6.18 Å². The summed E-state index contributed by atoms with van der Waals surface area (Å²) in [5.41, 5.74) is 1.36. The predicted octanol–water partition coefficient (Wildman–Crippen LogP) is 3.22. The molecule has 0 fully saturated rings. The topological polar surface area (TPSA) is 53.6 Å². The monoisotopic (exact) mass is 298 g/mol.